The zero-order valence-corrected chi connectivity index (χ0v) is 14.2. The molecule has 1 aromatic carbocycles. The fourth-order valence-electron chi connectivity index (χ4n) is 2.36. The molecule has 0 saturated carbocycles. The van der Waals surface area contributed by atoms with Crippen molar-refractivity contribution < 1.29 is 19.2 Å². The maximum atomic E-state index is 10.9. The van der Waals surface area contributed by atoms with Gasteiger partial charge < -0.3 is 14.3 Å². The number of hydroxylamine groups is 1. The number of oxazole rings is 1. The molecule has 3 aromatic rings. The average Bonchev–Trinajstić information content (AvgIpc) is 3.15. The van der Waals surface area contributed by atoms with Crippen LogP contribution in [0.25, 0.3) is 10.9 Å². The molecular weight excluding hydrogens is 324 g/mol. The molecule has 0 atom stereocenters. The van der Waals surface area contributed by atoms with E-state index in [1.165, 1.54) is 5.48 Å². The number of nitrogens with zero attached hydrogens (tertiary/aromatic N) is 2. The Morgan fingerprint density at radius 3 is 2.72 bits per heavy atom. The van der Waals surface area contributed by atoms with Gasteiger partial charge in [0.25, 0.3) is 0 Å². The molecule has 0 aliphatic heterocycles. The number of para-hydroxylation sites is 1. The molecule has 8 nitrogen and oxygen atoms in total. The predicted octanol–water partition coefficient (Wildman–Crippen LogP) is 1.81. The van der Waals surface area contributed by atoms with Gasteiger partial charge in [-0.3, -0.25) is 14.8 Å². The van der Waals surface area contributed by atoms with Gasteiger partial charge in [0.15, 0.2) is 6.29 Å². The van der Waals surface area contributed by atoms with Crippen molar-refractivity contribution in [3.63, 3.8) is 0 Å². The van der Waals surface area contributed by atoms with Crippen molar-refractivity contribution in [1.82, 2.24) is 20.3 Å². The second kappa shape index (κ2) is 8.22. The van der Waals surface area contributed by atoms with Crippen molar-refractivity contribution >= 4 is 23.1 Å². The second-order valence-corrected chi connectivity index (χ2v) is 5.30. The highest BCUT2D eigenvalue weighted by Crippen LogP contribution is 2.16. The number of fused-ring (bicyclic) bond motifs is 1. The van der Waals surface area contributed by atoms with Gasteiger partial charge in [0, 0.05) is 18.0 Å². The van der Waals surface area contributed by atoms with E-state index in [4.69, 9.17) is 9.62 Å². The molecule has 0 aliphatic carbocycles. The number of amides is 1. The number of nitrogens with one attached hydrogen (secondary N) is 2. The SMILES string of the molecule is CNCc1nc(C)c(C(=O)NO)o1.Cn1c(C=O)cc2ccccc21. The van der Waals surface area contributed by atoms with E-state index < -0.39 is 5.91 Å². The van der Waals surface area contributed by atoms with Crippen LogP contribution in [0.4, 0.5) is 0 Å². The van der Waals surface area contributed by atoms with Crippen molar-refractivity contribution in [2.75, 3.05) is 7.05 Å². The van der Waals surface area contributed by atoms with Crippen LogP contribution < -0.4 is 10.8 Å². The van der Waals surface area contributed by atoms with Crippen molar-refractivity contribution in [2.45, 2.75) is 13.5 Å². The summed E-state index contributed by atoms with van der Waals surface area (Å²) in [6, 6.07) is 9.83. The van der Waals surface area contributed by atoms with Gasteiger partial charge in [-0.2, -0.15) is 0 Å². The number of aromatic nitrogens is 2. The van der Waals surface area contributed by atoms with Gasteiger partial charge >= 0.3 is 5.91 Å². The minimum atomic E-state index is -0.688. The van der Waals surface area contributed by atoms with E-state index in [-0.39, 0.29) is 5.76 Å². The summed E-state index contributed by atoms with van der Waals surface area (Å²) in [6.45, 7) is 2.08. The lowest BCUT2D eigenvalue weighted by Gasteiger charge is -1.95. The van der Waals surface area contributed by atoms with Crippen LogP contribution in [0, 0.1) is 6.92 Å². The number of aryl methyl sites for hydroxylation is 2. The van der Waals surface area contributed by atoms with Crippen LogP contribution in [-0.4, -0.2) is 34.0 Å². The first-order valence-electron chi connectivity index (χ1n) is 7.56. The Kier molecular flexibility index (Phi) is 6.04. The third-order valence-electron chi connectivity index (χ3n) is 3.59. The molecule has 8 heteroatoms. The topological polar surface area (TPSA) is 109 Å². The fourth-order valence-corrected chi connectivity index (χ4v) is 2.36. The van der Waals surface area contributed by atoms with E-state index in [2.05, 4.69) is 10.3 Å². The Morgan fingerprint density at radius 1 is 1.40 bits per heavy atom. The third-order valence-corrected chi connectivity index (χ3v) is 3.59. The minimum Gasteiger partial charge on any atom is -0.434 e. The van der Waals surface area contributed by atoms with E-state index in [1.807, 2.05) is 41.9 Å². The van der Waals surface area contributed by atoms with E-state index in [9.17, 15) is 9.59 Å². The van der Waals surface area contributed by atoms with Gasteiger partial charge in [0.05, 0.1) is 17.9 Å². The zero-order chi connectivity index (χ0) is 18.4. The highest BCUT2D eigenvalue weighted by molar-refractivity contribution is 5.91. The molecule has 1 amide bonds. The van der Waals surface area contributed by atoms with E-state index in [0.29, 0.717) is 18.1 Å². The molecule has 2 aromatic heterocycles. The van der Waals surface area contributed by atoms with Crippen LogP contribution in [0.15, 0.2) is 34.7 Å². The molecule has 25 heavy (non-hydrogen) atoms. The largest absolute Gasteiger partial charge is 0.434 e. The standard InChI is InChI=1S/C10H9NO.C7H11N3O3/c1-11-9(7-12)6-8-4-2-3-5-10(8)11;1-4-6(7(11)10-12)13-5(9-4)3-8-2/h2-7H,1H3;8,12H,3H2,1-2H3,(H,10,11). The van der Waals surface area contributed by atoms with Crippen LogP contribution in [-0.2, 0) is 13.6 Å². The molecular formula is C17H20N4O4. The second-order valence-electron chi connectivity index (χ2n) is 5.30. The van der Waals surface area contributed by atoms with E-state index in [0.717, 1.165) is 22.9 Å². The lowest BCUT2D eigenvalue weighted by Crippen LogP contribution is -2.18. The van der Waals surface area contributed by atoms with Crippen LogP contribution in [0.1, 0.15) is 32.6 Å². The molecule has 2 heterocycles. The molecule has 3 rings (SSSR count). The Labute approximate surface area is 144 Å². The van der Waals surface area contributed by atoms with Crippen molar-refractivity contribution in [3.05, 3.63) is 53.4 Å². The first kappa shape index (κ1) is 18.4. The van der Waals surface area contributed by atoms with Gasteiger partial charge in [0.2, 0.25) is 11.7 Å². The maximum absolute atomic E-state index is 10.9. The number of hydrogen-bond acceptors (Lipinski definition) is 6. The summed E-state index contributed by atoms with van der Waals surface area (Å²) in [7, 11) is 3.64. The van der Waals surface area contributed by atoms with Crippen LogP contribution in [0.5, 0.6) is 0 Å². The van der Waals surface area contributed by atoms with Gasteiger partial charge in [-0.1, -0.05) is 18.2 Å². The number of hydrogen-bond donors (Lipinski definition) is 3. The highest BCUT2D eigenvalue weighted by atomic mass is 16.5. The first-order chi connectivity index (χ1) is 12.0. The van der Waals surface area contributed by atoms with E-state index in [1.54, 1.807) is 14.0 Å². The lowest BCUT2D eigenvalue weighted by molar-refractivity contribution is 0.0673. The van der Waals surface area contributed by atoms with Crippen LogP contribution in [0.2, 0.25) is 0 Å². The molecule has 3 N–H and O–H groups in total. The summed E-state index contributed by atoms with van der Waals surface area (Å²) in [4.78, 5) is 25.5. The van der Waals surface area contributed by atoms with E-state index >= 15 is 0 Å². The molecule has 0 radical (unpaired) electrons. The van der Waals surface area contributed by atoms with Gasteiger partial charge in [-0.05, 0) is 26.1 Å². The summed E-state index contributed by atoms with van der Waals surface area (Å²) in [5.41, 5.74) is 3.76. The van der Waals surface area contributed by atoms with Crippen LogP contribution in [0.3, 0.4) is 0 Å². The summed E-state index contributed by atoms with van der Waals surface area (Å²) in [5.74, 6) is -0.237. The number of aldehydes is 1. The molecule has 0 unspecified atom stereocenters. The van der Waals surface area contributed by atoms with Gasteiger partial charge in [-0.25, -0.2) is 10.5 Å². The highest BCUT2D eigenvalue weighted by Gasteiger charge is 2.15. The monoisotopic (exact) mass is 344 g/mol. The van der Waals surface area contributed by atoms with Gasteiger partial charge in [-0.15, -0.1) is 0 Å². The molecule has 0 spiro atoms. The summed E-state index contributed by atoms with van der Waals surface area (Å²) in [5, 5.41) is 12.3. The van der Waals surface area contributed by atoms with Crippen molar-refractivity contribution in [2.24, 2.45) is 7.05 Å². The molecule has 132 valence electrons. The predicted molar refractivity (Wildman–Crippen MR) is 91.6 cm³/mol. The van der Waals surface area contributed by atoms with Crippen LogP contribution >= 0.6 is 0 Å². The Bertz CT molecular complexity index is 882. The molecule has 0 bridgehead atoms. The summed E-state index contributed by atoms with van der Waals surface area (Å²) < 4.78 is 6.95. The van der Waals surface area contributed by atoms with Gasteiger partial charge in [0.1, 0.15) is 0 Å². The normalized spacial score (nSPS) is 10.2. The first-order valence-corrected chi connectivity index (χ1v) is 7.56. The van der Waals surface area contributed by atoms with Crippen molar-refractivity contribution in [3.8, 4) is 0 Å². The third kappa shape index (κ3) is 4.11. The smallest absolute Gasteiger partial charge is 0.312 e. The summed E-state index contributed by atoms with van der Waals surface area (Å²) in [6.07, 6.45) is 0.875. The van der Waals surface area contributed by atoms with Crippen molar-refractivity contribution in [1.29, 1.82) is 0 Å². The number of benzene rings is 1. The number of carbonyl (C=O) groups excluding carboxylic acids is 2. The Morgan fingerprint density at radius 2 is 2.12 bits per heavy atom. The quantitative estimate of drug-likeness (QED) is 0.378. The number of carbonyl (C=O) groups is 2. The molecule has 0 saturated heterocycles. The Hall–Kier alpha value is -2.97. The average molecular weight is 344 g/mol. The number of rotatable bonds is 4. The Balaban J connectivity index is 0.000000181. The lowest BCUT2D eigenvalue weighted by atomic mass is 10.2. The zero-order valence-electron chi connectivity index (χ0n) is 14.2. The summed E-state index contributed by atoms with van der Waals surface area (Å²) >= 11 is 0. The fraction of sp³-hybridized carbons (Fsp3) is 0.235. The maximum Gasteiger partial charge on any atom is 0.312 e. The molecule has 0 aliphatic rings. The minimum absolute atomic E-state index is 0.0350. The molecule has 0 fully saturated rings.